The van der Waals surface area contributed by atoms with Crippen LogP contribution in [0.3, 0.4) is 0 Å². The predicted molar refractivity (Wildman–Crippen MR) is 81.4 cm³/mol. The maximum absolute atomic E-state index is 9.40. The van der Waals surface area contributed by atoms with Gasteiger partial charge in [0.1, 0.15) is 28.9 Å². The van der Waals surface area contributed by atoms with Gasteiger partial charge in [-0.2, -0.15) is 5.26 Å². The van der Waals surface area contributed by atoms with Gasteiger partial charge in [-0.25, -0.2) is 4.98 Å². The van der Waals surface area contributed by atoms with Crippen molar-refractivity contribution >= 4 is 5.82 Å². The standard InChI is InChI=1S/C16H17N3O2/c1-9-10(2)19-16(18)14(8-17)15(9)11-5-12(20-3)7-13(6-11)21-4/h5-7H,1-4H3,(H2,18,19). The minimum absolute atomic E-state index is 0.234. The van der Waals surface area contributed by atoms with E-state index < -0.39 is 0 Å². The van der Waals surface area contributed by atoms with Crippen molar-refractivity contribution in [2.24, 2.45) is 0 Å². The van der Waals surface area contributed by atoms with E-state index in [1.165, 1.54) is 0 Å². The zero-order valence-corrected chi connectivity index (χ0v) is 12.5. The minimum Gasteiger partial charge on any atom is -0.497 e. The van der Waals surface area contributed by atoms with Gasteiger partial charge in [0.15, 0.2) is 0 Å². The molecule has 0 aliphatic carbocycles. The second kappa shape index (κ2) is 5.71. The zero-order chi connectivity index (χ0) is 15.6. The molecule has 0 atom stereocenters. The number of nitrogens with zero attached hydrogens (tertiary/aromatic N) is 2. The van der Waals surface area contributed by atoms with E-state index in [4.69, 9.17) is 15.2 Å². The van der Waals surface area contributed by atoms with E-state index in [-0.39, 0.29) is 5.82 Å². The van der Waals surface area contributed by atoms with Gasteiger partial charge in [-0.3, -0.25) is 0 Å². The van der Waals surface area contributed by atoms with Crippen molar-refractivity contribution in [2.75, 3.05) is 20.0 Å². The Kier molecular flexibility index (Phi) is 3.99. The number of nitrogens with two attached hydrogens (primary N) is 1. The van der Waals surface area contributed by atoms with Crippen LogP contribution in [0.4, 0.5) is 5.82 Å². The SMILES string of the molecule is COc1cc(OC)cc(-c2c(C)c(C)nc(N)c2C#N)c1. The average Bonchev–Trinajstić information content (AvgIpc) is 2.49. The highest BCUT2D eigenvalue weighted by molar-refractivity contribution is 5.80. The lowest BCUT2D eigenvalue weighted by atomic mass is 9.95. The molecule has 0 bridgehead atoms. The number of ether oxygens (including phenoxy) is 2. The van der Waals surface area contributed by atoms with E-state index >= 15 is 0 Å². The molecule has 0 saturated carbocycles. The summed E-state index contributed by atoms with van der Waals surface area (Å²) in [4.78, 5) is 4.21. The van der Waals surface area contributed by atoms with Crippen LogP contribution >= 0.6 is 0 Å². The number of benzene rings is 1. The Bertz CT molecular complexity index is 711. The first-order valence-corrected chi connectivity index (χ1v) is 6.42. The molecule has 0 aliphatic rings. The third-order valence-corrected chi connectivity index (χ3v) is 3.46. The zero-order valence-electron chi connectivity index (χ0n) is 12.5. The van der Waals surface area contributed by atoms with Crippen LogP contribution in [0.25, 0.3) is 11.1 Å². The smallest absolute Gasteiger partial charge is 0.142 e. The van der Waals surface area contributed by atoms with Crippen molar-refractivity contribution in [1.29, 1.82) is 5.26 Å². The molecule has 1 aromatic carbocycles. The first-order chi connectivity index (χ1) is 10.0. The van der Waals surface area contributed by atoms with E-state index in [9.17, 15) is 5.26 Å². The van der Waals surface area contributed by atoms with Crippen LogP contribution in [0.1, 0.15) is 16.8 Å². The molecule has 0 spiro atoms. The Labute approximate surface area is 123 Å². The van der Waals surface area contributed by atoms with Gasteiger partial charge in [0.05, 0.1) is 14.2 Å². The molecule has 1 aromatic heterocycles. The fourth-order valence-electron chi connectivity index (χ4n) is 2.24. The summed E-state index contributed by atoms with van der Waals surface area (Å²) < 4.78 is 10.6. The van der Waals surface area contributed by atoms with Gasteiger partial charge >= 0.3 is 0 Å². The van der Waals surface area contributed by atoms with E-state index in [1.54, 1.807) is 20.3 Å². The highest BCUT2D eigenvalue weighted by Crippen LogP contribution is 2.35. The third-order valence-electron chi connectivity index (χ3n) is 3.46. The van der Waals surface area contributed by atoms with Crippen LogP contribution in [0.15, 0.2) is 18.2 Å². The number of nitriles is 1. The molecule has 5 heteroatoms. The number of nitrogen functional groups attached to an aromatic ring is 1. The molecule has 0 fully saturated rings. The molecule has 0 amide bonds. The van der Waals surface area contributed by atoms with Crippen LogP contribution in [0, 0.1) is 25.2 Å². The monoisotopic (exact) mass is 283 g/mol. The second-order valence-electron chi connectivity index (χ2n) is 4.67. The summed E-state index contributed by atoms with van der Waals surface area (Å²) in [7, 11) is 3.17. The number of aryl methyl sites for hydroxylation is 1. The maximum Gasteiger partial charge on any atom is 0.142 e. The summed E-state index contributed by atoms with van der Waals surface area (Å²) in [6.07, 6.45) is 0. The van der Waals surface area contributed by atoms with Gasteiger partial charge in [-0.15, -0.1) is 0 Å². The van der Waals surface area contributed by atoms with Crippen molar-refractivity contribution in [1.82, 2.24) is 4.98 Å². The quantitative estimate of drug-likeness (QED) is 0.936. The topological polar surface area (TPSA) is 81.2 Å². The van der Waals surface area contributed by atoms with Crippen molar-refractivity contribution in [3.8, 4) is 28.7 Å². The van der Waals surface area contributed by atoms with Crippen molar-refractivity contribution in [2.45, 2.75) is 13.8 Å². The largest absolute Gasteiger partial charge is 0.497 e. The number of hydrogen-bond donors (Lipinski definition) is 1. The van der Waals surface area contributed by atoms with Crippen molar-refractivity contribution < 1.29 is 9.47 Å². The van der Waals surface area contributed by atoms with Crippen LogP contribution in [0.5, 0.6) is 11.5 Å². The van der Waals surface area contributed by atoms with Crippen molar-refractivity contribution in [3.63, 3.8) is 0 Å². The fraction of sp³-hybridized carbons (Fsp3) is 0.250. The van der Waals surface area contributed by atoms with E-state index in [1.807, 2.05) is 26.0 Å². The summed E-state index contributed by atoms with van der Waals surface area (Å²) in [5.74, 6) is 1.54. The number of hydrogen-bond acceptors (Lipinski definition) is 5. The minimum atomic E-state index is 0.234. The molecule has 0 radical (unpaired) electrons. The molecular weight excluding hydrogens is 266 g/mol. The number of aromatic nitrogens is 1. The first-order valence-electron chi connectivity index (χ1n) is 6.42. The lowest BCUT2D eigenvalue weighted by molar-refractivity contribution is 0.394. The third kappa shape index (κ3) is 2.61. The van der Waals surface area contributed by atoms with Crippen LogP contribution < -0.4 is 15.2 Å². The normalized spacial score (nSPS) is 10.0. The average molecular weight is 283 g/mol. The van der Waals surface area contributed by atoms with Crippen LogP contribution in [-0.4, -0.2) is 19.2 Å². The number of pyridine rings is 1. The molecular formula is C16H17N3O2. The molecule has 2 rings (SSSR count). The molecule has 0 aliphatic heterocycles. The number of rotatable bonds is 3. The molecule has 5 nitrogen and oxygen atoms in total. The lowest BCUT2D eigenvalue weighted by Crippen LogP contribution is -2.03. The van der Waals surface area contributed by atoms with Gasteiger partial charge in [-0.05, 0) is 37.1 Å². The first kappa shape index (κ1) is 14.7. The lowest BCUT2D eigenvalue weighted by Gasteiger charge is -2.14. The highest BCUT2D eigenvalue weighted by Gasteiger charge is 2.17. The Morgan fingerprint density at radius 3 is 2.14 bits per heavy atom. The summed E-state index contributed by atoms with van der Waals surface area (Å²) in [6.45, 7) is 3.79. The Hall–Kier alpha value is -2.74. The van der Waals surface area contributed by atoms with Crippen LogP contribution in [-0.2, 0) is 0 Å². The highest BCUT2D eigenvalue weighted by atomic mass is 16.5. The molecule has 2 N–H and O–H groups in total. The van der Waals surface area contributed by atoms with Crippen LogP contribution in [0.2, 0.25) is 0 Å². The summed E-state index contributed by atoms with van der Waals surface area (Å²) >= 11 is 0. The summed E-state index contributed by atoms with van der Waals surface area (Å²) in [5.41, 5.74) is 9.54. The van der Waals surface area contributed by atoms with E-state index in [2.05, 4.69) is 11.1 Å². The number of anilines is 1. The summed E-state index contributed by atoms with van der Waals surface area (Å²) in [5, 5.41) is 9.40. The Morgan fingerprint density at radius 1 is 1.10 bits per heavy atom. The van der Waals surface area contributed by atoms with Crippen molar-refractivity contribution in [3.05, 3.63) is 35.0 Å². The molecule has 2 aromatic rings. The maximum atomic E-state index is 9.40. The predicted octanol–water partition coefficient (Wildman–Crippen LogP) is 2.84. The van der Waals surface area contributed by atoms with Gasteiger partial charge in [0.25, 0.3) is 0 Å². The Balaban J connectivity index is 2.81. The molecule has 0 saturated heterocycles. The van der Waals surface area contributed by atoms with Gasteiger partial charge in [0.2, 0.25) is 0 Å². The number of methoxy groups -OCH3 is 2. The molecule has 0 unspecified atom stereocenters. The second-order valence-corrected chi connectivity index (χ2v) is 4.67. The molecule has 108 valence electrons. The van der Waals surface area contributed by atoms with Gasteiger partial charge < -0.3 is 15.2 Å². The van der Waals surface area contributed by atoms with Gasteiger partial charge in [-0.1, -0.05) is 0 Å². The van der Waals surface area contributed by atoms with E-state index in [0.717, 1.165) is 22.4 Å². The van der Waals surface area contributed by atoms with E-state index in [0.29, 0.717) is 17.1 Å². The summed E-state index contributed by atoms with van der Waals surface area (Å²) in [6, 6.07) is 7.62. The fourth-order valence-corrected chi connectivity index (χ4v) is 2.24. The molecule has 1 heterocycles. The Morgan fingerprint density at radius 2 is 1.67 bits per heavy atom. The molecule has 21 heavy (non-hydrogen) atoms. The van der Waals surface area contributed by atoms with Gasteiger partial charge in [0, 0.05) is 17.3 Å².